The van der Waals surface area contributed by atoms with Crippen LogP contribution < -0.4 is 0 Å². The molecule has 2 heterocycles. The number of rotatable bonds is 4. The zero-order chi connectivity index (χ0) is 14.7. The highest BCUT2D eigenvalue weighted by Crippen LogP contribution is 2.21. The third-order valence-electron chi connectivity index (χ3n) is 2.68. The monoisotopic (exact) mass is 288 g/mol. The third-order valence-corrected chi connectivity index (χ3v) is 2.68. The largest absolute Gasteiger partial charge is 0.453 e. The molecule has 0 atom stereocenters. The zero-order valence-corrected chi connectivity index (χ0v) is 10.7. The van der Waals surface area contributed by atoms with E-state index in [0.717, 1.165) is 0 Å². The maximum atomic E-state index is 12.8. The molecule has 6 nitrogen and oxygen atoms in total. The van der Waals surface area contributed by atoms with Crippen LogP contribution >= 0.6 is 0 Å². The van der Waals surface area contributed by atoms with Gasteiger partial charge >= 0.3 is 5.97 Å². The van der Waals surface area contributed by atoms with Crippen LogP contribution in [-0.4, -0.2) is 16.3 Å². The Morgan fingerprint density at radius 3 is 2.71 bits per heavy atom. The molecule has 3 rings (SSSR count). The quantitative estimate of drug-likeness (QED) is 0.687. The van der Waals surface area contributed by atoms with Crippen LogP contribution in [-0.2, 0) is 11.3 Å². The molecular formula is C14H9FN2O4. The number of hydrogen-bond donors (Lipinski definition) is 0. The molecule has 0 fully saturated rings. The first-order valence-electron chi connectivity index (χ1n) is 6.02. The summed E-state index contributed by atoms with van der Waals surface area (Å²) in [5.41, 5.74) is 1.11. The standard InChI is InChI=1S/C14H9FN2O4/c15-10-3-1-9(2-4-10)13-7-11(17-21-13)8-19-14(18)12-5-6-16-20-12/h1-7H,8H2. The van der Waals surface area contributed by atoms with Crippen LogP contribution in [0.2, 0.25) is 0 Å². The molecule has 0 unspecified atom stereocenters. The molecule has 0 aliphatic rings. The van der Waals surface area contributed by atoms with Gasteiger partial charge in [-0.05, 0) is 24.3 Å². The Bertz CT molecular complexity index is 735. The Labute approximate surface area is 118 Å². The number of esters is 1. The van der Waals surface area contributed by atoms with Gasteiger partial charge in [0.2, 0.25) is 5.76 Å². The predicted octanol–water partition coefficient (Wildman–Crippen LogP) is 2.83. The summed E-state index contributed by atoms with van der Waals surface area (Å²) in [6.07, 6.45) is 1.35. The minimum absolute atomic E-state index is 0.0113. The Kier molecular flexibility index (Phi) is 3.46. The molecule has 0 N–H and O–H groups in total. The molecule has 0 bridgehead atoms. The maximum absolute atomic E-state index is 12.8. The van der Waals surface area contributed by atoms with Crippen molar-refractivity contribution < 1.29 is 23.0 Å². The lowest BCUT2D eigenvalue weighted by molar-refractivity contribution is 0.0417. The Hall–Kier alpha value is -2.96. The van der Waals surface area contributed by atoms with Gasteiger partial charge in [-0.15, -0.1) is 0 Å². The van der Waals surface area contributed by atoms with Crippen molar-refractivity contribution in [2.45, 2.75) is 6.61 Å². The number of carbonyl (C=O) groups excluding carboxylic acids is 1. The average molecular weight is 288 g/mol. The molecule has 3 aromatic rings. The summed E-state index contributed by atoms with van der Waals surface area (Å²) in [4.78, 5) is 11.5. The SMILES string of the molecule is O=C(OCc1cc(-c2ccc(F)cc2)on1)c1ccno1. The van der Waals surface area contributed by atoms with E-state index in [1.165, 1.54) is 24.4 Å². The predicted molar refractivity (Wildman–Crippen MR) is 67.5 cm³/mol. The number of hydrogen-bond acceptors (Lipinski definition) is 6. The van der Waals surface area contributed by atoms with Crippen molar-refractivity contribution in [2.75, 3.05) is 0 Å². The van der Waals surface area contributed by atoms with E-state index < -0.39 is 5.97 Å². The highest BCUT2D eigenvalue weighted by Gasteiger charge is 2.13. The van der Waals surface area contributed by atoms with Gasteiger partial charge in [0.05, 0.1) is 6.20 Å². The summed E-state index contributed by atoms with van der Waals surface area (Å²) in [6, 6.07) is 8.79. The highest BCUT2D eigenvalue weighted by atomic mass is 19.1. The van der Waals surface area contributed by atoms with Crippen molar-refractivity contribution in [3.05, 3.63) is 59.9 Å². The number of ether oxygens (including phenoxy) is 1. The fourth-order valence-electron chi connectivity index (χ4n) is 1.66. The molecular weight excluding hydrogens is 279 g/mol. The molecule has 0 aliphatic carbocycles. The van der Waals surface area contributed by atoms with Crippen LogP contribution in [0.5, 0.6) is 0 Å². The van der Waals surface area contributed by atoms with Crippen molar-refractivity contribution in [3.8, 4) is 11.3 Å². The van der Waals surface area contributed by atoms with Crippen molar-refractivity contribution in [3.63, 3.8) is 0 Å². The molecule has 0 saturated carbocycles. The first-order chi connectivity index (χ1) is 10.2. The molecule has 7 heteroatoms. The van der Waals surface area contributed by atoms with Gasteiger partial charge in [0, 0.05) is 17.7 Å². The Balaban J connectivity index is 1.65. The van der Waals surface area contributed by atoms with Gasteiger partial charge in [0.1, 0.15) is 18.1 Å². The van der Waals surface area contributed by atoms with Crippen molar-refractivity contribution in [1.82, 2.24) is 10.3 Å². The molecule has 1 aromatic carbocycles. The summed E-state index contributed by atoms with van der Waals surface area (Å²) in [5, 5.41) is 7.18. The minimum atomic E-state index is -0.640. The van der Waals surface area contributed by atoms with E-state index in [2.05, 4.69) is 14.8 Å². The summed E-state index contributed by atoms with van der Waals surface area (Å²) in [6.45, 7) is -0.0652. The van der Waals surface area contributed by atoms with Crippen LogP contribution in [0.25, 0.3) is 11.3 Å². The van der Waals surface area contributed by atoms with E-state index in [0.29, 0.717) is 17.0 Å². The lowest BCUT2D eigenvalue weighted by atomic mass is 10.1. The van der Waals surface area contributed by atoms with Crippen LogP contribution in [0, 0.1) is 5.82 Å². The number of halogens is 1. The summed E-state index contributed by atoms with van der Waals surface area (Å²) < 4.78 is 27.6. The van der Waals surface area contributed by atoms with Crippen LogP contribution in [0.3, 0.4) is 0 Å². The molecule has 0 saturated heterocycles. The van der Waals surface area contributed by atoms with Gasteiger partial charge in [-0.25, -0.2) is 9.18 Å². The second-order valence-electron chi connectivity index (χ2n) is 4.14. The first kappa shape index (κ1) is 13.0. The van der Waals surface area contributed by atoms with E-state index in [4.69, 9.17) is 9.26 Å². The smallest absolute Gasteiger partial charge is 0.377 e. The van der Waals surface area contributed by atoms with Gasteiger partial charge < -0.3 is 13.8 Å². The van der Waals surface area contributed by atoms with Gasteiger partial charge in [-0.3, -0.25) is 0 Å². The van der Waals surface area contributed by atoms with Crippen molar-refractivity contribution >= 4 is 5.97 Å². The van der Waals surface area contributed by atoms with Crippen molar-refractivity contribution in [2.24, 2.45) is 0 Å². The van der Waals surface area contributed by atoms with Crippen LogP contribution in [0.15, 0.2) is 51.6 Å². The fraction of sp³-hybridized carbons (Fsp3) is 0.0714. The third kappa shape index (κ3) is 2.97. The Morgan fingerprint density at radius 2 is 2.00 bits per heavy atom. The second kappa shape index (κ2) is 5.58. The van der Waals surface area contributed by atoms with E-state index in [1.54, 1.807) is 18.2 Å². The molecule has 0 amide bonds. The van der Waals surface area contributed by atoms with E-state index in [1.807, 2.05) is 0 Å². The normalized spacial score (nSPS) is 10.5. The minimum Gasteiger partial charge on any atom is -0.453 e. The fourth-order valence-corrected chi connectivity index (χ4v) is 1.66. The molecule has 21 heavy (non-hydrogen) atoms. The van der Waals surface area contributed by atoms with E-state index in [-0.39, 0.29) is 18.2 Å². The summed E-state index contributed by atoms with van der Waals surface area (Å²) in [7, 11) is 0. The lowest BCUT2D eigenvalue weighted by Crippen LogP contribution is -2.03. The van der Waals surface area contributed by atoms with Crippen LogP contribution in [0.1, 0.15) is 16.2 Å². The summed E-state index contributed by atoms with van der Waals surface area (Å²) in [5.74, 6) is -0.503. The average Bonchev–Trinajstić information content (AvgIpc) is 3.17. The highest BCUT2D eigenvalue weighted by molar-refractivity contribution is 5.85. The molecule has 106 valence electrons. The van der Waals surface area contributed by atoms with E-state index in [9.17, 15) is 9.18 Å². The maximum Gasteiger partial charge on any atom is 0.377 e. The number of aromatic nitrogens is 2. The number of benzene rings is 1. The number of nitrogens with zero attached hydrogens (tertiary/aromatic N) is 2. The van der Waals surface area contributed by atoms with Gasteiger partial charge in [0.15, 0.2) is 5.76 Å². The van der Waals surface area contributed by atoms with Gasteiger partial charge in [0.25, 0.3) is 0 Å². The molecule has 0 aliphatic heterocycles. The van der Waals surface area contributed by atoms with Crippen LogP contribution in [0.4, 0.5) is 4.39 Å². The molecule has 2 aromatic heterocycles. The first-order valence-corrected chi connectivity index (χ1v) is 6.02. The molecule has 0 radical (unpaired) electrons. The zero-order valence-electron chi connectivity index (χ0n) is 10.7. The van der Waals surface area contributed by atoms with Gasteiger partial charge in [-0.1, -0.05) is 10.3 Å². The lowest BCUT2D eigenvalue weighted by Gasteiger charge is -1.97. The van der Waals surface area contributed by atoms with Crippen molar-refractivity contribution in [1.29, 1.82) is 0 Å². The van der Waals surface area contributed by atoms with E-state index >= 15 is 0 Å². The molecule has 0 spiro atoms. The summed E-state index contributed by atoms with van der Waals surface area (Å²) >= 11 is 0. The number of carbonyl (C=O) groups is 1. The second-order valence-corrected chi connectivity index (χ2v) is 4.14. The Morgan fingerprint density at radius 1 is 1.19 bits per heavy atom. The van der Waals surface area contributed by atoms with Gasteiger partial charge in [-0.2, -0.15) is 0 Å². The topological polar surface area (TPSA) is 78.4 Å².